The molecule has 26 heavy (non-hydrogen) atoms. The fourth-order valence-corrected chi connectivity index (χ4v) is 2.62. The first-order chi connectivity index (χ1) is 12.3. The van der Waals surface area contributed by atoms with Crippen LogP contribution in [0.15, 0.2) is 16.9 Å². The molecule has 2 aromatic heterocycles. The van der Waals surface area contributed by atoms with Crippen LogP contribution < -0.4 is 22.3 Å². The smallest absolute Gasteiger partial charge is 0.260 e. The molecule has 0 radical (unpaired) electrons. The minimum absolute atomic E-state index is 0.0107. The number of aromatic amines is 1. The Labute approximate surface area is 150 Å². The molecule has 0 aliphatic carbocycles. The molecule has 0 bridgehead atoms. The molecule has 0 fully saturated rings. The van der Waals surface area contributed by atoms with E-state index in [1.54, 1.807) is 6.92 Å². The number of hydrogen-bond donors (Lipinski definition) is 4. The molecule has 0 saturated heterocycles. The summed E-state index contributed by atoms with van der Waals surface area (Å²) in [7, 11) is 0. The zero-order chi connectivity index (χ0) is 19.0. The second-order valence-electron chi connectivity index (χ2n) is 5.37. The van der Waals surface area contributed by atoms with E-state index in [1.165, 1.54) is 6.07 Å². The topological polar surface area (TPSA) is 159 Å². The molecule has 9 nitrogen and oxygen atoms in total. The third-order valence-electron chi connectivity index (χ3n) is 3.61. The minimum atomic E-state index is -0.683. The van der Waals surface area contributed by atoms with Crippen molar-refractivity contribution in [1.29, 1.82) is 5.26 Å². The van der Waals surface area contributed by atoms with Crippen LogP contribution in [-0.4, -0.2) is 19.9 Å². The van der Waals surface area contributed by atoms with E-state index in [-0.39, 0.29) is 44.9 Å². The number of anilines is 3. The van der Waals surface area contributed by atoms with Gasteiger partial charge in [-0.25, -0.2) is 9.37 Å². The summed E-state index contributed by atoms with van der Waals surface area (Å²) >= 11 is 5.95. The highest BCUT2D eigenvalue weighted by atomic mass is 35.5. The molecule has 6 N–H and O–H groups in total. The average Bonchev–Trinajstić information content (AvgIpc) is 2.57. The minimum Gasteiger partial charge on any atom is -0.382 e. The van der Waals surface area contributed by atoms with E-state index >= 15 is 0 Å². The van der Waals surface area contributed by atoms with Crippen molar-refractivity contribution >= 4 is 40.1 Å². The van der Waals surface area contributed by atoms with Gasteiger partial charge in [0, 0.05) is 0 Å². The molecule has 1 aromatic carbocycles. The number of nitrogen functional groups attached to an aromatic ring is 2. The van der Waals surface area contributed by atoms with Gasteiger partial charge in [0.05, 0.1) is 16.5 Å². The lowest BCUT2D eigenvalue weighted by Crippen LogP contribution is -2.20. The summed E-state index contributed by atoms with van der Waals surface area (Å²) in [5.74, 6) is -0.721. The van der Waals surface area contributed by atoms with E-state index < -0.39 is 17.4 Å². The fourth-order valence-electron chi connectivity index (χ4n) is 2.38. The number of nitrogens with two attached hydrogens (primary N) is 2. The van der Waals surface area contributed by atoms with Crippen LogP contribution in [0.4, 0.5) is 22.0 Å². The predicted molar refractivity (Wildman–Crippen MR) is 94.9 cm³/mol. The summed E-state index contributed by atoms with van der Waals surface area (Å²) in [6.45, 7) is 1.63. The van der Waals surface area contributed by atoms with E-state index in [4.69, 9.17) is 23.1 Å². The molecule has 0 amide bonds. The van der Waals surface area contributed by atoms with Crippen molar-refractivity contribution < 1.29 is 4.39 Å². The highest BCUT2D eigenvalue weighted by Crippen LogP contribution is 2.25. The highest BCUT2D eigenvalue weighted by Gasteiger charge is 2.18. The van der Waals surface area contributed by atoms with Gasteiger partial charge >= 0.3 is 0 Å². The maximum absolute atomic E-state index is 14.1. The van der Waals surface area contributed by atoms with Crippen molar-refractivity contribution in [2.75, 3.05) is 16.8 Å². The Morgan fingerprint density at radius 1 is 1.35 bits per heavy atom. The SMILES string of the molecule is CC(Nc1nc(N)nc(N)c1C#N)c1nc2c(F)ccc(Cl)c2c(=O)[nH]1. The van der Waals surface area contributed by atoms with Crippen LogP contribution in [0.25, 0.3) is 10.9 Å². The third-order valence-corrected chi connectivity index (χ3v) is 3.92. The molecule has 0 spiro atoms. The maximum atomic E-state index is 14.1. The van der Waals surface area contributed by atoms with Crippen molar-refractivity contribution in [2.24, 2.45) is 0 Å². The molecule has 1 atom stereocenters. The van der Waals surface area contributed by atoms with Gasteiger partial charge in [-0.05, 0) is 19.1 Å². The van der Waals surface area contributed by atoms with Gasteiger partial charge in [-0.2, -0.15) is 15.2 Å². The summed E-state index contributed by atoms with van der Waals surface area (Å²) in [5.41, 5.74) is 10.4. The van der Waals surface area contributed by atoms with Gasteiger partial charge in [-0.3, -0.25) is 4.79 Å². The molecule has 0 saturated carbocycles. The number of fused-ring (bicyclic) bond motifs is 1. The van der Waals surface area contributed by atoms with Crippen LogP contribution in [-0.2, 0) is 0 Å². The summed E-state index contributed by atoms with van der Waals surface area (Å²) in [5, 5.41) is 12.1. The van der Waals surface area contributed by atoms with Crippen LogP contribution in [0.5, 0.6) is 0 Å². The molecule has 0 aliphatic rings. The standard InChI is InChI=1S/C15H12ClFN8O/c1-5(21-13-6(4-18)11(19)23-15(20)25-13)12-22-10-8(17)3-2-7(16)9(10)14(26)24-12/h2-3,5H,1H3,(H,22,24,26)(H5,19,20,21,23,25). The van der Waals surface area contributed by atoms with Crippen molar-refractivity contribution in [3.8, 4) is 6.07 Å². The number of hydrogen-bond acceptors (Lipinski definition) is 8. The molecule has 1 unspecified atom stereocenters. The summed E-state index contributed by atoms with van der Waals surface area (Å²) < 4.78 is 14.1. The largest absolute Gasteiger partial charge is 0.382 e. The zero-order valence-corrected chi connectivity index (χ0v) is 14.1. The Hall–Kier alpha value is -3.45. The first kappa shape index (κ1) is 17.4. The average molecular weight is 375 g/mol. The van der Waals surface area contributed by atoms with Crippen molar-refractivity contribution in [3.05, 3.63) is 44.7 Å². The van der Waals surface area contributed by atoms with E-state index in [9.17, 15) is 14.4 Å². The number of H-pyrrole nitrogens is 1. The molecular formula is C15H12ClFN8O. The van der Waals surface area contributed by atoms with Crippen LogP contribution in [0.3, 0.4) is 0 Å². The molecular weight excluding hydrogens is 363 g/mol. The Kier molecular flexibility index (Phi) is 4.31. The lowest BCUT2D eigenvalue weighted by Gasteiger charge is -2.16. The van der Waals surface area contributed by atoms with Gasteiger partial charge in [-0.15, -0.1) is 0 Å². The van der Waals surface area contributed by atoms with Gasteiger partial charge in [0.25, 0.3) is 5.56 Å². The normalized spacial score (nSPS) is 11.9. The van der Waals surface area contributed by atoms with Crippen molar-refractivity contribution in [2.45, 2.75) is 13.0 Å². The van der Waals surface area contributed by atoms with E-state index in [0.29, 0.717) is 0 Å². The first-order valence-electron chi connectivity index (χ1n) is 7.29. The molecule has 0 aliphatic heterocycles. The predicted octanol–water partition coefficient (Wildman–Crippen LogP) is 1.71. The van der Waals surface area contributed by atoms with Crippen molar-refractivity contribution in [3.63, 3.8) is 0 Å². The number of nitriles is 1. The number of rotatable bonds is 3. The lowest BCUT2D eigenvalue weighted by atomic mass is 10.2. The monoisotopic (exact) mass is 374 g/mol. The van der Waals surface area contributed by atoms with Crippen molar-refractivity contribution in [1.82, 2.24) is 19.9 Å². The van der Waals surface area contributed by atoms with Crippen LogP contribution >= 0.6 is 11.6 Å². The molecule has 11 heteroatoms. The zero-order valence-electron chi connectivity index (χ0n) is 13.3. The Morgan fingerprint density at radius 2 is 2.08 bits per heavy atom. The van der Waals surface area contributed by atoms with E-state index in [2.05, 4.69) is 25.3 Å². The number of aromatic nitrogens is 4. The third kappa shape index (κ3) is 2.96. The Morgan fingerprint density at radius 3 is 2.77 bits per heavy atom. The lowest BCUT2D eigenvalue weighted by molar-refractivity contribution is 0.634. The van der Waals surface area contributed by atoms with Gasteiger partial charge < -0.3 is 21.8 Å². The Balaban J connectivity index is 2.07. The van der Waals surface area contributed by atoms with Gasteiger partial charge in [0.15, 0.2) is 5.82 Å². The van der Waals surface area contributed by atoms with Crippen LogP contribution in [0, 0.1) is 17.1 Å². The van der Waals surface area contributed by atoms with Gasteiger partial charge in [0.2, 0.25) is 5.95 Å². The summed E-state index contributed by atoms with van der Waals surface area (Å²) in [6, 6.07) is 3.61. The fraction of sp³-hybridized carbons (Fsp3) is 0.133. The maximum Gasteiger partial charge on any atom is 0.260 e. The molecule has 2 heterocycles. The Bertz CT molecular complexity index is 1120. The number of nitrogens with one attached hydrogen (secondary N) is 2. The van der Waals surface area contributed by atoms with E-state index in [0.717, 1.165) is 6.07 Å². The summed E-state index contributed by atoms with van der Waals surface area (Å²) in [6.07, 6.45) is 0. The highest BCUT2D eigenvalue weighted by molar-refractivity contribution is 6.35. The van der Waals surface area contributed by atoms with Crippen LogP contribution in [0.1, 0.15) is 24.4 Å². The second kappa shape index (κ2) is 6.45. The van der Waals surface area contributed by atoms with E-state index in [1.807, 2.05) is 6.07 Å². The van der Waals surface area contributed by atoms with Gasteiger partial charge in [0.1, 0.15) is 34.6 Å². The molecule has 132 valence electrons. The quantitative estimate of drug-likeness (QED) is 0.539. The summed E-state index contributed by atoms with van der Waals surface area (Å²) in [4.78, 5) is 26.6. The first-order valence-corrected chi connectivity index (χ1v) is 7.67. The second-order valence-corrected chi connectivity index (χ2v) is 5.78. The molecule has 3 aromatic rings. The number of nitrogens with zero attached hydrogens (tertiary/aromatic N) is 4. The van der Waals surface area contributed by atoms with Gasteiger partial charge in [-0.1, -0.05) is 11.6 Å². The molecule has 3 rings (SSSR count). The van der Waals surface area contributed by atoms with Crippen LogP contribution in [0.2, 0.25) is 5.02 Å². The number of halogens is 2. The number of benzene rings is 1.